The van der Waals surface area contributed by atoms with E-state index in [4.69, 9.17) is 10.2 Å². The van der Waals surface area contributed by atoms with Gasteiger partial charge < -0.3 is 20.8 Å². The number of amides is 2. The predicted molar refractivity (Wildman–Crippen MR) is 103 cm³/mol. The van der Waals surface area contributed by atoms with Gasteiger partial charge in [0.2, 0.25) is 11.8 Å². The van der Waals surface area contributed by atoms with Crippen LogP contribution in [0, 0.1) is 5.92 Å². The lowest BCUT2D eigenvalue weighted by atomic mass is 9.86. The Hall–Kier alpha value is -1.90. The van der Waals surface area contributed by atoms with Crippen molar-refractivity contribution in [2.24, 2.45) is 11.7 Å². The molecule has 3 rings (SSSR count). The first kappa shape index (κ1) is 20.4. The molecule has 0 aliphatic heterocycles. The summed E-state index contributed by atoms with van der Waals surface area (Å²) in [4.78, 5) is 27.7. The maximum atomic E-state index is 12.3. The van der Waals surface area contributed by atoms with Gasteiger partial charge in [0.1, 0.15) is 11.5 Å². The summed E-state index contributed by atoms with van der Waals surface area (Å²) in [5.74, 6) is 1.10. The lowest BCUT2D eigenvalue weighted by Gasteiger charge is -2.25. The number of thiazole rings is 1. The van der Waals surface area contributed by atoms with Gasteiger partial charge >= 0.3 is 0 Å². The lowest BCUT2D eigenvalue weighted by molar-refractivity contribution is -0.121. The van der Waals surface area contributed by atoms with Crippen LogP contribution >= 0.6 is 23.7 Å². The maximum absolute atomic E-state index is 12.3. The number of hydrogen-bond donors (Lipinski definition) is 3. The van der Waals surface area contributed by atoms with Crippen molar-refractivity contribution in [3.63, 3.8) is 0 Å². The third-order valence-corrected chi connectivity index (χ3v) is 5.00. The number of carbonyl (C=O) groups excluding carboxylic acids is 2. The van der Waals surface area contributed by atoms with Crippen LogP contribution in [-0.2, 0) is 16.1 Å². The Morgan fingerprint density at radius 2 is 2.19 bits per heavy atom. The van der Waals surface area contributed by atoms with Gasteiger partial charge in [-0.2, -0.15) is 0 Å². The second-order valence-electron chi connectivity index (χ2n) is 6.33. The van der Waals surface area contributed by atoms with Gasteiger partial charge in [0.15, 0.2) is 10.9 Å². The number of nitrogens with zero attached hydrogens (tertiary/aromatic N) is 1. The van der Waals surface area contributed by atoms with Crippen molar-refractivity contribution < 1.29 is 14.0 Å². The minimum atomic E-state index is -0.112. The standard InChI is InChI=1S/C17H22N4O3S.ClH/c1-10(22)19-8-13-5-6-15(24-13)14-9-25-17(20-14)21-16(23)11-3-2-4-12(18)7-11;/h5-6,9,11-12H,2-4,7-8,18H2,1H3,(H,19,22)(H,20,21,23);1H. The van der Waals surface area contributed by atoms with Gasteiger partial charge in [-0.15, -0.1) is 23.7 Å². The second-order valence-corrected chi connectivity index (χ2v) is 7.18. The van der Waals surface area contributed by atoms with E-state index >= 15 is 0 Å². The third-order valence-electron chi connectivity index (χ3n) is 4.25. The molecule has 0 aromatic carbocycles. The molecule has 1 aliphatic carbocycles. The number of rotatable bonds is 5. The number of anilines is 1. The SMILES string of the molecule is CC(=O)NCc1ccc(-c2csc(NC(=O)C3CCCC(N)C3)n2)o1.Cl. The molecule has 4 N–H and O–H groups in total. The normalized spacial score (nSPS) is 19.5. The Morgan fingerprint density at radius 3 is 2.92 bits per heavy atom. The molecule has 0 saturated heterocycles. The molecule has 0 spiro atoms. The fourth-order valence-corrected chi connectivity index (χ4v) is 3.64. The van der Waals surface area contributed by atoms with E-state index in [-0.39, 0.29) is 36.2 Å². The fourth-order valence-electron chi connectivity index (χ4n) is 2.94. The Labute approximate surface area is 162 Å². The number of nitrogens with one attached hydrogen (secondary N) is 2. The lowest BCUT2D eigenvalue weighted by Crippen LogP contribution is -2.34. The van der Waals surface area contributed by atoms with E-state index in [0.717, 1.165) is 25.7 Å². The van der Waals surface area contributed by atoms with Gasteiger partial charge in [-0.1, -0.05) is 6.42 Å². The maximum Gasteiger partial charge on any atom is 0.229 e. The minimum Gasteiger partial charge on any atom is -0.458 e. The van der Waals surface area contributed by atoms with Gasteiger partial charge in [0.25, 0.3) is 0 Å². The third kappa shape index (κ3) is 5.30. The van der Waals surface area contributed by atoms with Crippen LogP contribution in [0.3, 0.4) is 0 Å². The Balaban J connectivity index is 0.00000243. The van der Waals surface area contributed by atoms with Crippen molar-refractivity contribution in [3.05, 3.63) is 23.3 Å². The zero-order chi connectivity index (χ0) is 17.8. The first-order chi connectivity index (χ1) is 12.0. The van der Waals surface area contributed by atoms with E-state index in [9.17, 15) is 9.59 Å². The molecule has 2 heterocycles. The Morgan fingerprint density at radius 1 is 1.38 bits per heavy atom. The van der Waals surface area contributed by atoms with Crippen molar-refractivity contribution >= 4 is 40.7 Å². The summed E-state index contributed by atoms with van der Waals surface area (Å²) in [5, 5.41) is 7.95. The summed E-state index contributed by atoms with van der Waals surface area (Å²) in [5.41, 5.74) is 6.61. The summed E-state index contributed by atoms with van der Waals surface area (Å²) in [6.45, 7) is 1.80. The summed E-state index contributed by atoms with van der Waals surface area (Å²) in [6.07, 6.45) is 3.59. The van der Waals surface area contributed by atoms with Crippen molar-refractivity contribution in [2.45, 2.75) is 45.2 Å². The van der Waals surface area contributed by atoms with E-state index < -0.39 is 0 Å². The number of nitrogens with two attached hydrogens (primary N) is 1. The molecular weight excluding hydrogens is 376 g/mol. The summed E-state index contributed by atoms with van der Waals surface area (Å²) in [6, 6.07) is 3.71. The molecule has 2 aromatic heterocycles. The quantitative estimate of drug-likeness (QED) is 0.717. The zero-order valence-electron chi connectivity index (χ0n) is 14.5. The van der Waals surface area contributed by atoms with Crippen LogP contribution in [0.15, 0.2) is 21.9 Å². The van der Waals surface area contributed by atoms with Gasteiger partial charge in [-0.3, -0.25) is 9.59 Å². The highest BCUT2D eigenvalue weighted by molar-refractivity contribution is 7.14. The fraction of sp³-hybridized carbons (Fsp3) is 0.471. The second kappa shape index (κ2) is 9.16. The monoisotopic (exact) mass is 398 g/mol. The molecule has 0 radical (unpaired) electrons. The van der Waals surface area contributed by atoms with Crippen LogP contribution in [0.1, 0.15) is 38.4 Å². The van der Waals surface area contributed by atoms with Gasteiger partial charge in [-0.05, 0) is 31.4 Å². The molecule has 0 bridgehead atoms. The van der Waals surface area contributed by atoms with E-state index in [1.54, 1.807) is 12.1 Å². The molecule has 1 saturated carbocycles. The molecule has 7 nitrogen and oxygen atoms in total. The van der Waals surface area contributed by atoms with Crippen LogP contribution in [-0.4, -0.2) is 22.8 Å². The zero-order valence-corrected chi connectivity index (χ0v) is 16.1. The minimum absolute atomic E-state index is 0. The highest BCUT2D eigenvalue weighted by Crippen LogP contribution is 2.28. The number of halogens is 1. The van der Waals surface area contributed by atoms with Crippen LogP contribution in [0.2, 0.25) is 0 Å². The first-order valence-electron chi connectivity index (χ1n) is 8.37. The molecule has 2 unspecified atom stereocenters. The molecule has 9 heteroatoms. The van der Waals surface area contributed by atoms with E-state index in [1.165, 1.54) is 18.3 Å². The predicted octanol–water partition coefficient (Wildman–Crippen LogP) is 2.92. The Bertz CT molecular complexity index is 761. The van der Waals surface area contributed by atoms with Gasteiger partial charge in [0, 0.05) is 24.3 Å². The van der Waals surface area contributed by atoms with Crippen LogP contribution < -0.4 is 16.4 Å². The smallest absolute Gasteiger partial charge is 0.229 e. The summed E-state index contributed by atoms with van der Waals surface area (Å²) < 4.78 is 5.67. The van der Waals surface area contributed by atoms with Crippen LogP contribution in [0.25, 0.3) is 11.5 Å². The Kier molecular flexibility index (Phi) is 7.19. The first-order valence-corrected chi connectivity index (χ1v) is 9.24. The molecule has 2 amide bonds. The van der Waals surface area contributed by atoms with E-state index in [1.807, 2.05) is 5.38 Å². The highest BCUT2D eigenvalue weighted by Gasteiger charge is 2.26. The van der Waals surface area contributed by atoms with Crippen LogP contribution in [0.5, 0.6) is 0 Å². The van der Waals surface area contributed by atoms with E-state index in [0.29, 0.717) is 28.9 Å². The summed E-state index contributed by atoms with van der Waals surface area (Å²) in [7, 11) is 0. The summed E-state index contributed by atoms with van der Waals surface area (Å²) >= 11 is 1.36. The number of carbonyl (C=O) groups is 2. The molecule has 142 valence electrons. The van der Waals surface area contributed by atoms with Gasteiger partial charge in [0.05, 0.1) is 6.54 Å². The van der Waals surface area contributed by atoms with Crippen LogP contribution in [0.4, 0.5) is 5.13 Å². The molecule has 1 aliphatic rings. The average molecular weight is 399 g/mol. The van der Waals surface area contributed by atoms with Crippen molar-refractivity contribution in [1.82, 2.24) is 10.3 Å². The molecule has 2 atom stereocenters. The molecular formula is C17H23ClN4O3S. The highest BCUT2D eigenvalue weighted by atomic mass is 35.5. The number of hydrogen-bond acceptors (Lipinski definition) is 6. The molecule has 1 fully saturated rings. The largest absolute Gasteiger partial charge is 0.458 e. The molecule has 26 heavy (non-hydrogen) atoms. The molecule has 2 aromatic rings. The van der Waals surface area contributed by atoms with Crippen molar-refractivity contribution in [3.8, 4) is 11.5 Å². The van der Waals surface area contributed by atoms with Crippen molar-refractivity contribution in [1.29, 1.82) is 0 Å². The topological polar surface area (TPSA) is 110 Å². The number of furan rings is 1. The van der Waals surface area contributed by atoms with Crippen molar-refractivity contribution in [2.75, 3.05) is 5.32 Å². The van der Waals surface area contributed by atoms with Gasteiger partial charge in [-0.25, -0.2) is 4.98 Å². The number of aromatic nitrogens is 1. The van der Waals surface area contributed by atoms with E-state index in [2.05, 4.69) is 15.6 Å². The average Bonchev–Trinajstić information content (AvgIpc) is 3.22.